The van der Waals surface area contributed by atoms with E-state index in [0.29, 0.717) is 4.64 Å². The number of benzene rings is 1. The molecule has 1 aliphatic carbocycles. The molecule has 1 heterocycles. The molecule has 3 rings (SSSR count). The van der Waals surface area contributed by atoms with Gasteiger partial charge in [0.15, 0.2) is 0 Å². The molecule has 21 heavy (non-hydrogen) atoms. The number of hydrogen-bond donors (Lipinski definition) is 0. The van der Waals surface area contributed by atoms with E-state index in [1.165, 1.54) is 29.8 Å². The molecule has 0 N–H and O–H groups in total. The van der Waals surface area contributed by atoms with Gasteiger partial charge < -0.3 is 4.57 Å². The Balaban J connectivity index is 2.12. The van der Waals surface area contributed by atoms with Crippen molar-refractivity contribution in [2.75, 3.05) is 0 Å². The molecule has 1 aromatic carbocycles. The normalized spacial score (nSPS) is 13.8. The first-order valence-electron chi connectivity index (χ1n) is 6.91. The van der Waals surface area contributed by atoms with Crippen molar-refractivity contribution in [3.63, 3.8) is 0 Å². The lowest BCUT2D eigenvalue weighted by atomic mass is 9.96. The SMILES string of the molecule is Cn1c(-c2ccc([N+](=O)[O-])cc2)nc(=S)c2c1CCCC2. The van der Waals surface area contributed by atoms with Crippen LogP contribution in [0.5, 0.6) is 0 Å². The van der Waals surface area contributed by atoms with E-state index in [1.54, 1.807) is 12.1 Å². The van der Waals surface area contributed by atoms with Gasteiger partial charge in [-0.15, -0.1) is 0 Å². The Bertz CT molecular complexity index is 766. The topological polar surface area (TPSA) is 61.0 Å². The summed E-state index contributed by atoms with van der Waals surface area (Å²) >= 11 is 5.42. The Kier molecular flexibility index (Phi) is 3.55. The number of nitro benzene ring substituents is 1. The first-order chi connectivity index (χ1) is 10.1. The van der Waals surface area contributed by atoms with Crippen LogP contribution < -0.4 is 0 Å². The van der Waals surface area contributed by atoms with Crippen LogP contribution in [0.15, 0.2) is 24.3 Å². The molecule has 0 spiro atoms. The number of aromatic nitrogens is 2. The fourth-order valence-corrected chi connectivity index (χ4v) is 3.15. The minimum Gasteiger partial charge on any atom is -0.332 e. The van der Waals surface area contributed by atoms with Crippen molar-refractivity contribution < 1.29 is 4.92 Å². The lowest BCUT2D eigenvalue weighted by Crippen LogP contribution is -2.15. The van der Waals surface area contributed by atoms with E-state index >= 15 is 0 Å². The molecule has 2 aromatic rings. The van der Waals surface area contributed by atoms with Crippen LogP contribution in [0.1, 0.15) is 24.1 Å². The Morgan fingerprint density at radius 1 is 1.24 bits per heavy atom. The van der Waals surface area contributed by atoms with Crippen molar-refractivity contribution in [1.82, 2.24) is 9.55 Å². The van der Waals surface area contributed by atoms with E-state index < -0.39 is 4.92 Å². The highest BCUT2D eigenvalue weighted by Crippen LogP contribution is 2.27. The zero-order valence-electron chi connectivity index (χ0n) is 11.7. The van der Waals surface area contributed by atoms with E-state index in [9.17, 15) is 10.1 Å². The second-order valence-electron chi connectivity index (χ2n) is 5.24. The Morgan fingerprint density at radius 2 is 1.90 bits per heavy atom. The third-order valence-electron chi connectivity index (χ3n) is 3.96. The summed E-state index contributed by atoms with van der Waals surface area (Å²) in [6.07, 6.45) is 4.34. The minimum absolute atomic E-state index is 0.0814. The maximum atomic E-state index is 10.7. The molecule has 0 atom stereocenters. The highest BCUT2D eigenvalue weighted by molar-refractivity contribution is 7.71. The molecule has 0 saturated heterocycles. The highest BCUT2D eigenvalue weighted by atomic mass is 32.1. The quantitative estimate of drug-likeness (QED) is 0.483. The smallest absolute Gasteiger partial charge is 0.269 e. The summed E-state index contributed by atoms with van der Waals surface area (Å²) in [5.41, 5.74) is 3.36. The van der Waals surface area contributed by atoms with Crippen molar-refractivity contribution in [3.8, 4) is 11.4 Å². The molecule has 0 radical (unpaired) electrons. The van der Waals surface area contributed by atoms with Gasteiger partial charge in [-0.25, -0.2) is 4.98 Å². The second kappa shape index (κ2) is 5.37. The molecule has 1 aromatic heterocycles. The Labute approximate surface area is 127 Å². The van der Waals surface area contributed by atoms with Crippen molar-refractivity contribution in [2.24, 2.45) is 7.05 Å². The van der Waals surface area contributed by atoms with Crippen molar-refractivity contribution in [1.29, 1.82) is 0 Å². The number of hydrogen-bond acceptors (Lipinski definition) is 4. The molecule has 0 aliphatic heterocycles. The third kappa shape index (κ3) is 2.47. The van der Waals surface area contributed by atoms with Gasteiger partial charge in [0.2, 0.25) is 0 Å². The average molecular weight is 301 g/mol. The number of rotatable bonds is 2. The van der Waals surface area contributed by atoms with Crippen LogP contribution in [0.4, 0.5) is 5.69 Å². The van der Waals surface area contributed by atoms with Gasteiger partial charge in [-0.3, -0.25) is 10.1 Å². The lowest BCUT2D eigenvalue weighted by molar-refractivity contribution is -0.384. The molecule has 0 unspecified atom stereocenters. The predicted molar refractivity (Wildman–Crippen MR) is 82.8 cm³/mol. The first kappa shape index (κ1) is 13.9. The number of nitro groups is 1. The standard InChI is InChI=1S/C15H15N3O2S/c1-17-13-5-3-2-4-12(13)15(21)16-14(17)10-6-8-11(9-7-10)18(19)20/h6-9H,2-5H2,1H3. The van der Waals surface area contributed by atoms with Gasteiger partial charge in [0.1, 0.15) is 10.5 Å². The summed E-state index contributed by atoms with van der Waals surface area (Å²) in [6, 6.07) is 6.45. The van der Waals surface area contributed by atoms with Crippen molar-refractivity contribution in [2.45, 2.75) is 25.7 Å². The van der Waals surface area contributed by atoms with Gasteiger partial charge in [0.25, 0.3) is 5.69 Å². The van der Waals surface area contributed by atoms with E-state index in [2.05, 4.69) is 9.55 Å². The molecule has 5 nitrogen and oxygen atoms in total. The third-order valence-corrected chi connectivity index (χ3v) is 4.30. The van der Waals surface area contributed by atoms with E-state index in [0.717, 1.165) is 30.7 Å². The minimum atomic E-state index is -0.400. The molecule has 0 saturated carbocycles. The van der Waals surface area contributed by atoms with Crippen LogP contribution in [0, 0.1) is 14.8 Å². The van der Waals surface area contributed by atoms with Gasteiger partial charge in [0.05, 0.1) is 4.92 Å². The molecule has 6 heteroatoms. The summed E-state index contributed by atoms with van der Waals surface area (Å²) in [7, 11) is 1.99. The second-order valence-corrected chi connectivity index (χ2v) is 5.62. The van der Waals surface area contributed by atoms with Crippen LogP contribution >= 0.6 is 12.2 Å². The summed E-state index contributed by atoms with van der Waals surface area (Å²) in [5.74, 6) is 0.774. The van der Waals surface area contributed by atoms with E-state index in [-0.39, 0.29) is 5.69 Å². The summed E-state index contributed by atoms with van der Waals surface area (Å²) in [5, 5.41) is 10.7. The van der Waals surface area contributed by atoms with Gasteiger partial charge >= 0.3 is 0 Å². The van der Waals surface area contributed by atoms with Crippen LogP contribution in [0.25, 0.3) is 11.4 Å². The van der Waals surface area contributed by atoms with Gasteiger partial charge in [0, 0.05) is 36.0 Å². The molecule has 0 bridgehead atoms. The summed E-state index contributed by atoms with van der Waals surface area (Å²) < 4.78 is 2.74. The first-order valence-corrected chi connectivity index (χ1v) is 7.32. The van der Waals surface area contributed by atoms with Gasteiger partial charge in [-0.05, 0) is 37.8 Å². The predicted octanol–water partition coefficient (Wildman–Crippen LogP) is 3.60. The summed E-state index contributed by atoms with van der Waals surface area (Å²) in [4.78, 5) is 14.9. The number of nitrogens with zero attached hydrogens (tertiary/aromatic N) is 3. The maximum Gasteiger partial charge on any atom is 0.269 e. The fourth-order valence-electron chi connectivity index (χ4n) is 2.85. The lowest BCUT2D eigenvalue weighted by Gasteiger charge is -2.21. The van der Waals surface area contributed by atoms with Crippen LogP contribution in [-0.2, 0) is 19.9 Å². The molecular formula is C15H15N3O2S. The zero-order valence-corrected chi connectivity index (χ0v) is 12.5. The van der Waals surface area contributed by atoms with Crippen molar-refractivity contribution >= 4 is 17.9 Å². The van der Waals surface area contributed by atoms with Gasteiger partial charge in [-0.2, -0.15) is 0 Å². The monoisotopic (exact) mass is 301 g/mol. The van der Waals surface area contributed by atoms with Crippen molar-refractivity contribution in [3.05, 3.63) is 50.3 Å². The summed E-state index contributed by atoms with van der Waals surface area (Å²) in [6.45, 7) is 0. The fraction of sp³-hybridized carbons (Fsp3) is 0.333. The number of fused-ring (bicyclic) bond motifs is 1. The molecule has 0 fully saturated rings. The average Bonchev–Trinajstić information content (AvgIpc) is 2.51. The highest BCUT2D eigenvalue weighted by Gasteiger charge is 2.17. The largest absolute Gasteiger partial charge is 0.332 e. The van der Waals surface area contributed by atoms with Gasteiger partial charge in [-0.1, -0.05) is 12.2 Å². The molecule has 0 amide bonds. The van der Waals surface area contributed by atoms with Crippen LogP contribution in [-0.4, -0.2) is 14.5 Å². The Hall–Kier alpha value is -2.08. The zero-order chi connectivity index (χ0) is 15.0. The van der Waals surface area contributed by atoms with E-state index in [1.807, 2.05) is 7.05 Å². The van der Waals surface area contributed by atoms with Crippen LogP contribution in [0.2, 0.25) is 0 Å². The van der Waals surface area contributed by atoms with Crippen LogP contribution in [0.3, 0.4) is 0 Å². The molecule has 108 valence electrons. The number of non-ortho nitro benzene ring substituents is 1. The molecule has 1 aliphatic rings. The maximum absolute atomic E-state index is 10.7. The van der Waals surface area contributed by atoms with E-state index in [4.69, 9.17) is 12.2 Å². The molecular weight excluding hydrogens is 286 g/mol. The Morgan fingerprint density at radius 3 is 2.57 bits per heavy atom.